The van der Waals surface area contributed by atoms with E-state index >= 15 is 0 Å². The Bertz CT molecular complexity index is 817. The average Bonchev–Trinajstić information content (AvgIpc) is 2.58. The third-order valence-corrected chi connectivity index (χ3v) is 6.72. The van der Waals surface area contributed by atoms with E-state index in [9.17, 15) is 23.3 Å². The van der Waals surface area contributed by atoms with Gasteiger partial charge in [0, 0.05) is 38.2 Å². The summed E-state index contributed by atoms with van der Waals surface area (Å²) in [5.41, 5.74) is -0.382. The molecular weight excluding hydrogens is 370 g/mol. The zero-order valence-corrected chi connectivity index (χ0v) is 17.0. The number of hydrogen-bond acceptors (Lipinski definition) is 5. The highest BCUT2D eigenvalue weighted by Crippen LogP contribution is 2.29. The van der Waals surface area contributed by atoms with E-state index in [4.69, 9.17) is 0 Å². The molecule has 0 saturated carbocycles. The number of carbonyl (C=O) groups is 1. The molecule has 0 bridgehead atoms. The second kappa shape index (κ2) is 7.93. The smallest absolute Gasteiger partial charge is 0.289 e. The quantitative estimate of drug-likeness (QED) is 0.561. The van der Waals surface area contributed by atoms with Crippen LogP contribution in [0, 0.1) is 15.5 Å². The molecule has 1 aromatic rings. The molecule has 0 aliphatic carbocycles. The van der Waals surface area contributed by atoms with Gasteiger partial charge in [-0.25, -0.2) is 8.42 Å². The van der Waals surface area contributed by atoms with Crippen LogP contribution < -0.4 is 0 Å². The van der Waals surface area contributed by atoms with Crippen LogP contribution in [0.4, 0.5) is 5.69 Å². The molecule has 8 nitrogen and oxygen atoms in total. The van der Waals surface area contributed by atoms with E-state index in [0.29, 0.717) is 6.42 Å². The molecule has 0 aromatic heterocycles. The number of hydrogen-bond donors (Lipinski definition) is 0. The first-order valence-electron chi connectivity index (χ1n) is 8.96. The van der Waals surface area contributed by atoms with Crippen molar-refractivity contribution in [1.29, 1.82) is 0 Å². The summed E-state index contributed by atoms with van der Waals surface area (Å²) in [4.78, 5) is 24.3. The summed E-state index contributed by atoms with van der Waals surface area (Å²) < 4.78 is 27.2. The lowest BCUT2D eigenvalue weighted by atomic mass is 9.90. The SMILES string of the molecule is C[C@H]1CN(C(=O)CCC(C)(C)C)CCN1S(=O)(=O)c1ccccc1[N+](=O)[O-]. The standard InChI is InChI=1S/C18H27N3O5S/c1-14-13-19(17(22)9-10-18(2,3)4)11-12-20(14)27(25,26)16-8-6-5-7-15(16)21(23)24/h5-8,14H,9-13H2,1-4H3/t14-/m0/s1. The molecule has 1 aromatic carbocycles. The summed E-state index contributed by atoms with van der Waals surface area (Å²) in [5, 5.41) is 11.2. The molecule has 0 N–H and O–H groups in total. The number of piperazine rings is 1. The number of carbonyl (C=O) groups excluding carboxylic acids is 1. The fraction of sp³-hybridized carbons (Fsp3) is 0.611. The lowest BCUT2D eigenvalue weighted by Gasteiger charge is -2.39. The minimum absolute atomic E-state index is 0.0134. The van der Waals surface area contributed by atoms with Gasteiger partial charge >= 0.3 is 0 Å². The first-order chi connectivity index (χ1) is 12.4. The summed E-state index contributed by atoms with van der Waals surface area (Å²) in [5.74, 6) is 0.0134. The summed E-state index contributed by atoms with van der Waals surface area (Å²) >= 11 is 0. The van der Waals surface area contributed by atoms with Crippen molar-refractivity contribution in [2.24, 2.45) is 5.41 Å². The molecule has 1 saturated heterocycles. The molecule has 1 aliphatic rings. The normalized spacial score (nSPS) is 19.1. The fourth-order valence-corrected chi connectivity index (χ4v) is 4.89. The zero-order chi connectivity index (χ0) is 20.4. The lowest BCUT2D eigenvalue weighted by molar-refractivity contribution is -0.387. The van der Waals surface area contributed by atoms with E-state index in [2.05, 4.69) is 20.8 Å². The maximum Gasteiger partial charge on any atom is 0.289 e. The molecule has 1 atom stereocenters. The summed E-state index contributed by atoms with van der Waals surface area (Å²) in [6.07, 6.45) is 1.18. The van der Waals surface area contributed by atoms with Gasteiger partial charge in [-0.15, -0.1) is 0 Å². The Labute approximate surface area is 160 Å². The third kappa shape index (κ3) is 5.04. The molecule has 150 valence electrons. The molecule has 0 unspecified atom stereocenters. The maximum atomic E-state index is 13.0. The summed E-state index contributed by atoms with van der Waals surface area (Å²) in [7, 11) is -4.02. The molecule has 2 rings (SSSR count). The number of rotatable bonds is 5. The molecule has 9 heteroatoms. The van der Waals surface area contributed by atoms with Crippen molar-refractivity contribution in [2.75, 3.05) is 19.6 Å². The zero-order valence-electron chi connectivity index (χ0n) is 16.2. The van der Waals surface area contributed by atoms with Crippen molar-refractivity contribution in [3.8, 4) is 0 Å². The third-order valence-electron chi connectivity index (χ3n) is 4.66. The van der Waals surface area contributed by atoms with E-state index in [0.717, 1.165) is 6.42 Å². The van der Waals surface area contributed by atoms with Crippen molar-refractivity contribution in [2.45, 2.75) is 51.5 Å². The monoisotopic (exact) mass is 397 g/mol. The first kappa shape index (κ1) is 21.3. The van der Waals surface area contributed by atoms with Gasteiger partial charge in [-0.05, 0) is 24.8 Å². The van der Waals surface area contributed by atoms with Gasteiger partial charge in [0.25, 0.3) is 5.69 Å². The van der Waals surface area contributed by atoms with Crippen LogP contribution in [0.15, 0.2) is 29.2 Å². The Morgan fingerprint density at radius 3 is 2.44 bits per heavy atom. The highest BCUT2D eigenvalue weighted by Gasteiger charge is 2.38. The van der Waals surface area contributed by atoms with Crippen LogP contribution in [0.1, 0.15) is 40.5 Å². The number of nitro groups is 1. The van der Waals surface area contributed by atoms with Crippen LogP contribution >= 0.6 is 0 Å². The Morgan fingerprint density at radius 1 is 1.26 bits per heavy atom. The Morgan fingerprint density at radius 2 is 1.89 bits per heavy atom. The van der Waals surface area contributed by atoms with Gasteiger partial charge in [-0.3, -0.25) is 14.9 Å². The van der Waals surface area contributed by atoms with Crippen LogP contribution in [-0.2, 0) is 14.8 Å². The van der Waals surface area contributed by atoms with Crippen molar-refractivity contribution in [1.82, 2.24) is 9.21 Å². The van der Waals surface area contributed by atoms with Crippen molar-refractivity contribution >= 4 is 21.6 Å². The Kier molecular flexibility index (Phi) is 6.26. The van der Waals surface area contributed by atoms with E-state index in [-0.39, 0.29) is 35.9 Å². The number of nitrogens with zero attached hydrogens (tertiary/aromatic N) is 3. The van der Waals surface area contributed by atoms with Gasteiger partial charge in [-0.1, -0.05) is 32.9 Å². The van der Waals surface area contributed by atoms with Crippen LogP contribution in [0.3, 0.4) is 0 Å². The molecule has 0 spiro atoms. The number of sulfonamides is 1. The van der Waals surface area contributed by atoms with E-state index in [1.54, 1.807) is 11.8 Å². The number of amides is 1. The minimum atomic E-state index is -4.02. The van der Waals surface area contributed by atoms with Gasteiger partial charge in [0.1, 0.15) is 0 Å². The molecule has 1 fully saturated rings. The number of benzene rings is 1. The molecule has 0 radical (unpaired) electrons. The van der Waals surface area contributed by atoms with Crippen molar-refractivity contribution in [3.05, 3.63) is 34.4 Å². The highest BCUT2D eigenvalue weighted by atomic mass is 32.2. The molecule has 1 amide bonds. The van der Waals surface area contributed by atoms with Crippen LogP contribution in [0.2, 0.25) is 0 Å². The summed E-state index contributed by atoms with van der Waals surface area (Å²) in [6, 6.07) is 4.89. The van der Waals surface area contributed by atoms with Crippen LogP contribution in [0.25, 0.3) is 0 Å². The van der Waals surface area contributed by atoms with Gasteiger partial charge in [0.15, 0.2) is 4.90 Å². The highest BCUT2D eigenvalue weighted by molar-refractivity contribution is 7.89. The van der Waals surface area contributed by atoms with Gasteiger partial charge in [0.2, 0.25) is 15.9 Å². The molecule has 1 heterocycles. The predicted octanol–water partition coefficient (Wildman–Crippen LogP) is 2.64. The first-order valence-corrected chi connectivity index (χ1v) is 10.4. The van der Waals surface area contributed by atoms with Gasteiger partial charge in [-0.2, -0.15) is 4.31 Å². The molecular formula is C18H27N3O5S. The maximum absolute atomic E-state index is 13.0. The average molecular weight is 397 g/mol. The van der Waals surface area contributed by atoms with Crippen molar-refractivity contribution < 1.29 is 18.1 Å². The topological polar surface area (TPSA) is 101 Å². The predicted molar refractivity (Wildman–Crippen MR) is 102 cm³/mol. The Hall–Kier alpha value is -2.00. The number of para-hydroxylation sites is 1. The van der Waals surface area contributed by atoms with E-state index in [1.165, 1.54) is 28.6 Å². The van der Waals surface area contributed by atoms with Crippen molar-refractivity contribution in [3.63, 3.8) is 0 Å². The fourth-order valence-electron chi connectivity index (χ4n) is 3.12. The lowest BCUT2D eigenvalue weighted by Crippen LogP contribution is -2.55. The van der Waals surface area contributed by atoms with Gasteiger partial charge < -0.3 is 4.90 Å². The second-order valence-electron chi connectivity index (χ2n) is 8.09. The number of nitro benzene ring substituents is 1. The molecule has 27 heavy (non-hydrogen) atoms. The van der Waals surface area contributed by atoms with Crippen LogP contribution in [-0.4, -0.2) is 54.1 Å². The van der Waals surface area contributed by atoms with Crippen LogP contribution in [0.5, 0.6) is 0 Å². The van der Waals surface area contributed by atoms with E-state index in [1.807, 2.05) is 0 Å². The summed E-state index contributed by atoms with van der Waals surface area (Å²) in [6.45, 7) is 8.61. The van der Waals surface area contributed by atoms with E-state index < -0.39 is 26.7 Å². The Balaban J connectivity index is 2.14. The second-order valence-corrected chi connectivity index (χ2v) is 9.95. The molecule has 1 aliphatic heterocycles. The van der Waals surface area contributed by atoms with Gasteiger partial charge in [0.05, 0.1) is 4.92 Å². The minimum Gasteiger partial charge on any atom is -0.340 e. The largest absolute Gasteiger partial charge is 0.340 e.